The van der Waals surface area contributed by atoms with E-state index in [4.69, 9.17) is 10.5 Å². The summed E-state index contributed by atoms with van der Waals surface area (Å²) in [5.41, 5.74) is 9.13. The number of morpholine rings is 1. The van der Waals surface area contributed by atoms with Gasteiger partial charge in [-0.1, -0.05) is 6.07 Å². The minimum Gasteiger partial charge on any atom is -0.398 e. The zero-order valence-electron chi connectivity index (χ0n) is 10.3. The van der Waals surface area contributed by atoms with E-state index >= 15 is 0 Å². The fourth-order valence-corrected chi connectivity index (χ4v) is 2.21. The van der Waals surface area contributed by atoms with Gasteiger partial charge in [-0.3, -0.25) is 0 Å². The van der Waals surface area contributed by atoms with E-state index in [1.54, 1.807) is 0 Å². The van der Waals surface area contributed by atoms with Crippen LogP contribution in [0.4, 0.5) is 11.4 Å². The smallest absolute Gasteiger partial charge is 0.0801 e. The van der Waals surface area contributed by atoms with Crippen LogP contribution in [0.25, 0.3) is 0 Å². The van der Waals surface area contributed by atoms with Crippen molar-refractivity contribution in [1.29, 1.82) is 0 Å². The summed E-state index contributed by atoms with van der Waals surface area (Å²) in [6.45, 7) is 8.96. The molecule has 0 aromatic heterocycles. The monoisotopic (exact) mass is 220 g/mol. The third-order valence-electron chi connectivity index (χ3n) is 3.11. The molecule has 2 N–H and O–H groups in total. The Kier molecular flexibility index (Phi) is 2.80. The highest BCUT2D eigenvalue weighted by Gasteiger charge is 2.27. The zero-order valence-corrected chi connectivity index (χ0v) is 10.3. The third-order valence-corrected chi connectivity index (χ3v) is 3.11. The van der Waals surface area contributed by atoms with Crippen molar-refractivity contribution in [3.05, 3.63) is 23.8 Å². The number of nitrogens with zero attached hydrogens (tertiary/aromatic N) is 1. The quantitative estimate of drug-likeness (QED) is 0.737. The summed E-state index contributed by atoms with van der Waals surface area (Å²) >= 11 is 0. The van der Waals surface area contributed by atoms with Crippen LogP contribution in [0.2, 0.25) is 0 Å². The molecule has 2 rings (SSSR count). The summed E-state index contributed by atoms with van der Waals surface area (Å²) in [7, 11) is 0. The molecule has 1 aromatic carbocycles. The number of hydrogen-bond acceptors (Lipinski definition) is 3. The molecule has 1 saturated heterocycles. The lowest BCUT2D eigenvalue weighted by Gasteiger charge is -2.40. The van der Waals surface area contributed by atoms with Gasteiger partial charge in [-0.05, 0) is 38.5 Å². The summed E-state index contributed by atoms with van der Waals surface area (Å²) in [6.07, 6.45) is 0. The van der Waals surface area contributed by atoms with Crippen LogP contribution in [0.3, 0.4) is 0 Å². The van der Waals surface area contributed by atoms with Crippen LogP contribution in [0, 0.1) is 6.92 Å². The Bertz CT molecular complexity index is 388. The van der Waals surface area contributed by atoms with Crippen molar-refractivity contribution in [2.75, 3.05) is 30.3 Å². The van der Waals surface area contributed by atoms with Crippen LogP contribution in [-0.4, -0.2) is 25.3 Å². The average Bonchev–Trinajstić information content (AvgIpc) is 2.20. The lowest BCUT2D eigenvalue weighted by atomic mass is 10.0. The van der Waals surface area contributed by atoms with Crippen molar-refractivity contribution in [3.63, 3.8) is 0 Å². The maximum absolute atomic E-state index is 5.94. The van der Waals surface area contributed by atoms with Crippen molar-refractivity contribution in [1.82, 2.24) is 0 Å². The molecule has 1 heterocycles. The standard InChI is InChI=1S/C13H20N2O/c1-10-11(14)5-4-6-12(10)15-7-8-16-13(2,3)9-15/h4-6H,7-9,14H2,1-3H3. The Hall–Kier alpha value is -1.22. The fourth-order valence-electron chi connectivity index (χ4n) is 2.21. The largest absolute Gasteiger partial charge is 0.398 e. The molecule has 1 aromatic rings. The van der Waals surface area contributed by atoms with Crippen molar-refractivity contribution >= 4 is 11.4 Å². The molecule has 0 spiro atoms. The molecule has 0 saturated carbocycles. The number of hydrogen-bond donors (Lipinski definition) is 1. The number of benzene rings is 1. The molecule has 0 bridgehead atoms. The molecule has 3 nitrogen and oxygen atoms in total. The van der Waals surface area contributed by atoms with Gasteiger partial charge in [0.05, 0.1) is 12.2 Å². The van der Waals surface area contributed by atoms with Gasteiger partial charge in [-0.15, -0.1) is 0 Å². The SMILES string of the molecule is Cc1c(N)cccc1N1CCOC(C)(C)C1. The minimum atomic E-state index is -0.0741. The van der Waals surface area contributed by atoms with E-state index in [9.17, 15) is 0 Å². The summed E-state index contributed by atoms with van der Waals surface area (Å²) in [6, 6.07) is 6.09. The normalized spacial score (nSPS) is 19.8. The molecule has 0 aliphatic carbocycles. The molecule has 16 heavy (non-hydrogen) atoms. The van der Waals surface area contributed by atoms with E-state index in [2.05, 4.69) is 31.7 Å². The summed E-state index contributed by atoms with van der Waals surface area (Å²) in [4.78, 5) is 2.36. The Morgan fingerprint density at radius 1 is 1.38 bits per heavy atom. The van der Waals surface area contributed by atoms with Gasteiger partial charge in [0, 0.05) is 24.5 Å². The fraction of sp³-hybridized carbons (Fsp3) is 0.538. The van der Waals surface area contributed by atoms with Crippen LogP contribution in [0.15, 0.2) is 18.2 Å². The van der Waals surface area contributed by atoms with Crippen molar-refractivity contribution in [2.45, 2.75) is 26.4 Å². The predicted molar refractivity (Wildman–Crippen MR) is 67.8 cm³/mol. The first kappa shape index (κ1) is 11.3. The molecule has 0 amide bonds. The number of nitrogens with two attached hydrogens (primary N) is 1. The zero-order chi connectivity index (χ0) is 11.8. The van der Waals surface area contributed by atoms with E-state index < -0.39 is 0 Å². The maximum atomic E-state index is 5.94. The predicted octanol–water partition coefficient (Wildman–Crippen LogP) is 2.19. The molecule has 88 valence electrons. The molecule has 0 radical (unpaired) electrons. The highest BCUT2D eigenvalue weighted by molar-refractivity contribution is 5.64. The van der Waals surface area contributed by atoms with Gasteiger partial charge in [0.15, 0.2) is 0 Å². The Morgan fingerprint density at radius 3 is 2.81 bits per heavy atom. The first-order valence-corrected chi connectivity index (χ1v) is 5.74. The van der Waals surface area contributed by atoms with Crippen molar-refractivity contribution < 1.29 is 4.74 Å². The summed E-state index contributed by atoms with van der Waals surface area (Å²) in [5, 5.41) is 0. The lowest BCUT2D eigenvalue weighted by molar-refractivity contribution is -0.0277. The molecular weight excluding hydrogens is 200 g/mol. The van der Waals surface area contributed by atoms with Crippen LogP contribution < -0.4 is 10.6 Å². The molecule has 1 fully saturated rings. The highest BCUT2D eigenvalue weighted by atomic mass is 16.5. The van der Waals surface area contributed by atoms with Gasteiger partial charge in [0.1, 0.15) is 0 Å². The first-order valence-electron chi connectivity index (χ1n) is 5.74. The maximum Gasteiger partial charge on any atom is 0.0801 e. The second kappa shape index (κ2) is 3.98. The third kappa shape index (κ3) is 2.14. The topological polar surface area (TPSA) is 38.5 Å². The van der Waals surface area contributed by atoms with Crippen LogP contribution in [0.1, 0.15) is 19.4 Å². The molecule has 3 heteroatoms. The van der Waals surface area contributed by atoms with Gasteiger partial charge in [-0.25, -0.2) is 0 Å². The number of rotatable bonds is 1. The molecule has 1 aliphatic rings. The highest BCUT2D eigenvalue weighted by Crippen LogP contribution is 2.28. The number of nitrogen functional groups attached to an aromatic ring is 1. The van der Waals surface area contributed by atoms with E-state index in [1.165, 1.54) is 11.3 Å². The molecule has 1 aliphatic heterocycles. The lowest BCUT2D eigenvalue weighted by Crippen LogP contribution is -2.48. The minimum absolute atomic E-state index is 0.0741. The van der Waals surface area contributed by atoms with Crippen LogP contribution in [-0.2, 0) is 4.74 Å². The van der Waals surface area contributed by atoms with Gasteiger partial charge in [0.2, 0.25) is 0 Å². The number of ether oxygens (including phenoxy) is 1. The summed E-state index contributed by atoms with van der Waals surface area (Å²) in [5.74, 6) is 0. The van der Waals surface area contributed by atoms with Gasteiger partial charge in [0.25, 0.3) is 0 Å². The van der Waals surface area contributed by atoms with Gasteiger partial charge < -0.3 is 15.4 Å². The van der Waals surface area contributed by atoms with E-state index in [0.717, 1.165) is 25.4 Å². The van der Waals surface area contributed by atoms with E-state index in [0.29, 0.717) is 0 Å². The summed E-state index contributed by atoms with van der Waals surface area (Å²) < 4.78 is 5.71. The first-order chi connectivity index (χ1) is 7.49. The van der Waals surface area contributed by atoms with E-state index in [-0.39, 0.29) is 5.60 Å². The Morgan fingerprint density at radius 2 is 2.12 bits per heavy atom. The second-order valence-electron chi connectivity index (χ2n) is 5.02. The molecule has 0 atom stereocenters. The van der Waals surface area contributed by atoms with Crippen molar-refractivity contribution in [3.8, 4) is 0 Å². The van der Waals surface area contributed by atoms with Crippen molar-refractivity contribution in [2.24, 2.45) is 0 Å². The number of anilines is 2. The van der Waals surface area contributed by atoms with Crippen LogP contribution in [0.5, 0.6) is 0 Å². The average molecular weight is 220 g/mol. The Labute approximate surface area is 97.2 Å². The van der Waals surface area contributed by atoms with Gasteiger partial charge in [-0.2, -0.15) is 0 Å². The van der Waals surface area contributed by atoms with Crippen LogP contribution >= 0.6 is 0 Å². The second-order valence-corrected chi connectivity index (χ2v) is 5.02. The molecule has 0 unspecified atom stereocenters. The van der Waals surface area contributed by atoms with Gasteiger partial charge >= 0.3 is 0 Å². The molecular formula is C13H20N2O. The van der Waals surface area contributed by atoms with E-state index in [1.807, 2.05) is 12.1 Å². The Balaban J connectivity index is 2.27.